The normalized spacial score (nSPS) is 10.6. The van der Waals surface area contributed by atoms with Gasteiger partial charge >= 0.3 is 0 Å². The van der Waals surface area contributed by atoms with Crippen LogP contribution in [0.1, 0.15) is 25.0 Å². The minimum absolute atomic E-state index is 0.315. The maximum Gasteiger partial charge on any atom is 0.114 e. The van der Waals surface area contributed by atoms with E-state index in [1.807, 2.05) is 24.8 Å². The van der Waals surface area contributed by atoms with E-state index < -0.39 is 0 Å². The lowest BCUT2D eigenvalue weighted by atomic mass is 10.3. The molecule has 13 heavy (non-hydrogen) atoms. The number of rotatable bonds is 6. The topological polar surface area (TPSA) is 33.4 Å². The van der Waals surface area contributed by atoms with Gasteiger partial charge in [-0.25, -0.2) is 0 Å². The van der Waals surface area contributed by atoms with Crippen LogP contribution < -0.4 is 0 Å². The third-order valence-corrected chi connectivity index (χ3v) is 3.10. The summed E-state index contributed by atoms with van der Waals surface area (Å²) in [5.41, 5.74) is 0. The Morgan fingerprint density at radius 2 is 2.23 bits per heavy atom. The SMILES string of the molecule is Cc1occc1SCCCCCO. The van der Waals surface area contributed by atoms with Crippen LogP contribution in [-0.4, -0.2) is 17.5 Å². The van der Waals surface area contributed by atoms with Crippen LogP contribution in [0.2, 0.25) is 0 Å². The molecule has 1 rings (SSSR count). The minimum Gasteiger partial charge on any atom is -0.468 e. The van der Waals surface area contributed by atoms with Crippen LogP contribution >= 0.6 is 11.8 Å². The Hall–Kier alpha value is -0.410. The van der Waals surface area contributed by atoms with Crippen molar-refractivity contribution in [3.8, 4) is 0 Å². The third-order valence-electron chi connectivity index (χ3n) is 1.87. The smallest absolute Gasteiger partial charge is 0.114 e. The second-order valence-electron chi connectivity index (χ2n) is 2.97. The number of hydrogen-bond donors (Lipinski definition) is 1. The molecule has 2 nitrogen and oxygen atoms in total. The van der Waals surface area contributed by atoms with Crippen molar-refractivity contribution < 1.29 is 9.52 Å². The summed E-state index contributed by atoms with van der Waals surface area (Å²) in [4.78, 5) is 1.24. The molecule has 0 aliphatic heterocycles. The molecule has 0 atom stereocenters. The van der Waals surface area contributed by atoms with Crippen molar-refractivity contribution in [2.45, 2.75) is 31.1 Å². The summed E-state index contributed by atoms with van der Waals surface area (Å²) in [5.74, 6) is 2.12. The first kappa shape index (κ1) is 10.7. The molecule has 0 unspecified atom stereocenters. The Morgan fingerprint density at radius 3 is 2.85 bits per heavy atom. The Labute approximate surface area is 83.3 Å². The predicted molar refractivity (Wildman–Crippen MR) is 55.1 cm³/mol. The highest BCUT2D eigenvalue weighted by atomic mass is 32.2. The van der Waals surface area contributed by atoms with Gasteiger partial charge in [-0.3, -0.25) is 0 Å². The van der Waals surface area contributed by atoms with Gasteiger partial charge in [-0.2, -0.15) is 0 Å². The number of hydrogen-bond acceptors (Lipinski definition) is 3. The zero-order chi connectivity index (χ0) is 9.52. The Kier molecular flexibility index (Phi) is 5.01. The highest BCUT2D eigenvalue weighted by Crippen LogP contribution is 2.23. The quantitative estimate of drug-likeness (QED) is 0.566. The molecule has 74 valence electrons. The highest BCUT2D eigenvalue weighted by molar-refractivity contribution is 7.99. The molecule has 0 radical (unpaired) electrons. The average molecular weight is 200 g/mol. The molecule has 0 saturated carbocycles. The lowest BCUT2D eigenvalue weighted by Crippen LogP contribution is -1.85. The van der Waals surface area contributed by atoms with Crippen molar-refractivity contribution in [1.82, 2.24) is 0 Å². The summed E-state index contributed by atoms with van der Waals surface area (Å²) in [6, 6.07) is 2.01. The Balaban J connectivity index is 2.10. The van der Waals surface area contributed by atoms with Crippen LogP contribution in [0.3, 0.4) is 0 Å². The molecular weight excluding hydrogens is 184 g/mol. The van der Waals surface area contributed by atoms with E-state index in [0.29, 0.717) is 6.61 Å². The number of furan rings is 1. The average Bonchev–Trinajstić information content (AvgIpc) is 2.52. The van der Waals surface area contributed by atoms with Crippen LogP contribution in [0, 0.1) is 6.92 Å². The summed E-state index contributed by atoms with van der Waals surface area (Å²) in [5, 5.41) is 8.57. The van der Waals surface area contributed by atoms with Gasteiger partial charge in [0.1, 0.15) is 5.76 Å². The number of unbranched alkanes of at least 4 members (excludes halogenated alkanes) is 2. The molecule has 0 amide bonds. The molecule has 0 fully saturated rings. The summed E-state index contributed by atoms with van der Waals surface area (Å²) in [6.07, 6.45) is 4.92. The fraction of sp³-hybridized carbons (Fsp3) is 0.600. The summed E-state index contributed by atoms with van der Waals surface area (Å²) in [6.45, 7) is 2.30. The first-order chi connectivity index (χ1) is 6.34. The van der Waals surface area contributed by atoms with Gasteiger partial charge < -0.3 is 9.52 Å². The summed E-state index contributed by atoms with van der Waals surface area (Å²) >= 11 is 1.83. The van der Waals surface area contributed by atoms with E-state index in [-0.39, 0.29) is 0 Å². The fourth-order valence-corrected chi connectivity index (χ4v) is 2.07. The van der Waals surface area contributed by atoms with E-state index in [2.05, 4.69) is 0 Å². The lowest BCUT2D eigenvalue weighted by Gasteiger charge is -1.98. The van der Waals surface area contributed by atoms with Crippen molar-refractivity contribution in [1.29, 1.82) is 0 Å². The van der Waals surface area contributed by atoms with Crippen molar-refractivity contribution >= 4 is 11.8 Å². The summed E-state index contributed by atoms with van der Waals surface area (Å²) < 4.78 is 5.18. The van der Waals surface area contributed by atoms with Gasteiger partial charge in [-0.05, 0) is 31.6 Å². The Bertz CT molecular complexity index is 233. The Morgan fingerprint density at radius 1 is 1.38 bits per heavy atom. The van der Waals surface area contributed by atoms with Crippen LogP contribution in [0.4, 0.5) is 0 Å². The number of aryl methyl sites for hydroxylation is 1. The summed E-state index contributed by atoms with van der Waals surface area (Å²) in [7, 11) is 0. The lowest BCUT2D eigenvalue weighted by molar-refractivity contribution is 0.284. The molecule has 0 spiro atoms. The van der Waals surface area contributed by atoms with Crippen molar-refractivity contribution in [2.75, 3.05) is 12.4 Å². The molecule has 1 aromatic heterocycles. The standard InChI is InChI=1S/C10H16O2S/c1-9-10(5-7-12-9)13-8-4-2-3-6-11/h5,7,11H,2-4,6,8H2,1H3. The highest BCUT2D eigenvalue weighted by Gasteiger charge is 2.00. The van der Waals surface area contributed by atoms with Gasteiger partial charge in [-0.15, -0.1) is 11.8 Å². The van der Waals surface area contributed by atoms with Crippen LogP contribution in [0.15, 0.2) is 21.6 Å². The molecule has 1 aromatic rings. The van der Waals surface area contributed by atoms with E-state index in [1.165, 1.54) is 4.90 Å². The minimum atomic E-state index is 0.315. The van der Waals surface area contributed by atoms with E-state index in [4.69, 9.17) is 9.52 Å². The molecule has 0 aliphatic rings. The monoisotopic (exact) mass is 200 g/mol. The van der Waals surface area contributed by atoms with E-state index in [0.717, 1.165) is 30.8 Å². The molecule has 3 heteroatoms. The molecule has 0 aromatic carbocycles. The maximum absolute atomic E-state index is 8.57. The van der Waals surface area contributed by atoms with Gasteiger partial charge in [-0.1, -0.05) is 6.42 Å². The van der Waals surface area contributed by atoms with Gasteiger partial charge in [0, 0.05) is 11.5 Å². The van der Waals surface area contributed by atoms with Gasteiger partial charge in [0.15, 0.2) is 0 Å². The van der Waals surface area contributed by atoms with Crippen LogP contribution in [0.25, 0.3) is 0 Å². The second-order valence-corrected chi connectivity index (χ2v) is 4.11. The van der Waals surface area contributed by atoms with Gasteiger partial charge in [0.25, 0.3) is 0 Å². The van der Waals surface area contributed by atoms with Crippen molar-refractivity contribution in [3.05, 3.63) is 18.1 Å². The van der Waals surface area contributed by atoms with Crippen molar-refractivity contribution in [3.63, 3.8) is 0 Å². The molecule has 1 heterocycles. The molecule has 0 bridgehead atoms. The first-order valence-corrected chi connectivity index (χ1v) is 5.61. The van der Waals surface area contributed by atoms with Crippen LogP contribution in [-0.2, 0) is 0 Å². The zero-order valence-corrected chi connectivity index (χ0v) is 8.77. The zero-order valence-electron chi connectivity index (χ0n) is 7.95. The van der Waals surface area contributed by atoms with Gasteiger partial charge in [0.05, 0.1) is 6.26 Å². The number of aliphatic hydroxyl groups is 1. The molecule has 1 N–H and O–H groups in total. The fourth-order valence-electron chi connectivity index (χ4n) is 1.10. The second kappa shape index (κ2) is 6.11. The van der Waals surface area contributed by atoms with Gasteiger partial charge in [0.2, 0.25) is 0 Å². The largest absolute Gasteiger partial charge is 0.468 e. The third kappa shape index (κ3) is 3.87. The molecular formula is C10H16O2S. The number of aliphatic hydroxyl groups excluding tert-OH is 1. The first-order valence-electron chi connectivity index (χ1n) is 4.62. The van der Waals surface area contributed by atoms with E-state index in [9.17, 15) is 0 Å². The molecule has 0 aliphatic carbocycles. The maximum atomic E-state index is 8.57. The van der Waals surface area contributed by atoms with E-state index >= 15 is 0 Å². The molecule has 0 saturated heterocycles. The van der Waals surface area contributed by atoms with E-state index in [1.54, 1.807) is 6.26 Å². The van der Waals surface area contributed by atoms with Crippen molar-refractivity contribution in [2.24, 2.45) is 0 Å². The number of thioether (sulfide) groups is 1. The predicted octanol–water partition coefficient (Wildman–Crippen LogP) is 2.84. The van der Waals surface area contributed by atoms with Crippen LogP contribution in [0.5, 0.6) is 0 Å².